The predicted molar refractivity (Wildman–Crippen MR) is 62.7 cm³/mol. The Labute approximate surface area is 90.5 Å². The van der Waals surface area contributed by atoms with E-state index in [4.69, 9.17) is 5.84 Å². The molecule has 0 aliphatic carbocycles. The van der Waals surface area contributed by atoms with E-state index in [1.807, 2.05) is 12.1 Å². The van der Waals surface area contributed by atoms with Crippen molar-refractivity contribution >= 4 is 11.5 Å². The summed E-state index contributed by atoms with van der Waals surface area (Å²) in [4.78, 5) is 6.72. The minimum absolute atomic E-state index is 0.851. The van der Waals surface area contributed by atoms with Gasteiger partial charge in [0.2, 0.25) is 0 Å². The number of nitrogens with one attached hydrogen (secondary N) is 1. The Morgan fingerprint density at radius 1 is 1.40 bits per heavy atom. The van der Waals surface area contributed by atoms with Crippen LogP contribution in [0.25, 0.3) is 0 Å². The summed E-state index contributed by atoms with van der Waals surface area (Å²) >= 11 is 0. The summed E-state index contributed by atoms with van der Waals surface area (Å²) in [6, 6.07) is 3.98. The molecule has 1 aliphatic heterocycles. The lowest BCUT2D eigenvalue weighted by Crippen LogP contribution is -2.33. The molecule has 1 fully saturated rings. The van der Waals surface area contributed by atoms with Crippen molar-refractivity contribution in [3.8, 4) is 0 Å². The van der Waals surface area contributed by atoms with E-state index in [0.717, 1.165) is 30.5 Å². The van der Waals surface area contributed by atoms with Gasteiger partial charge in [-0.05, 0) is 30.9 Å². The maximum absolute atomic E-state index is 5.29. The normalized spacial score (nSPS) is 17.9. The highest BCUT2D eigenvalue weighted by molar-refractivity contribution is 5.47. The molecule has 4 nitrogen and oxygen atoms in total. The number of anilines is 2. The molecule has 0 aromatic carbocycles. The molecule has 82 valence electrons. The number of hydrazine groups is 1. The first-order valence-electron chi connectivity index (χ1n) is 5.47. The molecule has 3 N–H and O–H groups in total. The third-order valence-electron chi connectivity index (χ3n) is 3.02. The number of piperidine rings is 1. The van der Waals surface area contributed by atoms with Crippen molar-refractivity contribution < 1.29 is 0 Å². The van der Waals surface area contributed by atoms with E-state index >= 15 is 0 Å². The summed E-state index contributed by atoms with van der Waals surface area (Å²) in [5, 5.41) is 0. The number of nitrogens with two attached hydrogens (primary N) is 1. The smallest absolute Gasteiger partial charge is 0.128 e. The van der Waals surface area contributed by atoms with Crippen LogP contribution in [0, 0.1) is 5.92 Å². The third kappa shape index (κ3) is 2.39. The fourth-order valence-electron chi connectivity index (χ4n) is 1.90. The average Bonchev–Trinajstić information content (AvgIpc) is 2.30. The van der Waals surface area contributed by atoms with Crippen molar-refractivity contribution in [2.45, 2.75) is 19.8 Å². The van der Waals surface area contributed by atoms with E-state index in [1.54, 1.807) is 6.20 Å². The van der Waals surface area contributed by atoms with Crippen molar-refractivity contribution in [1.29, 1.82) is 0 Å². The van der Waals surface area contributed by atoms with Gasteiger partial charge in [-0.15, -0.1) is 0 Å². The van der Waals surface area contributed by atoms with Gasteiger partial charge in [0, 0.05) is 13.1 Å². The number of nitrogens with zero attached hydrogens (tertiary/aromatic N) is 2. The van der Waals surface area contributed by atoms with Crippen LogP contribution in [0.3, 0.4) is 0 Å². The second-order valence-corrected chi connectivity index (χ2v) is 4.22. The number of hydrogen-bond acceptors (Lipinski definition) is 4. The summed E-state index contributed by atoms with van der Waals surface area (Å²) in [7, 11) is 0. The number of nitrogen functional groups attached to an aromatic ring is 1. The van der Waals surface area contributed by atoms with E-state index in [2.05, 4.69) is 22.2 Å². The molecule has 0 unspecified atom stereocenters. The van der Waals surface area contributed by atoms with E-state index in [1.165, 1.54) is 12.8 Å². The molecule has 1 aromatic rings. The standard InChI is InChI=1S/C11H18N4/c1-9-4-6-15(7-5-9)11-3-2-10(14-12)8-13-11/h2-3,8-9,14H,4-7,12H2,1H3. The molecular weight excluding hydrogens is 188 g/mol. The maximum atomic E-state index is 5.29. The van der Waals surface area contributed by atoms with Gasteiger partial charge >= 0.3 is 0 Å². The zero-order valence-electron chi connectivity index (χ0n) is 9.11. The van der Waals surface area contributed by atoms with Gasteiger partial charge in [-0.1, -0.05) is 6.92 Å². The Hall–Kier alpha value is -1.29. The van der Waals surface area contributed by atoms with Crippen LogP contribution in [0.15, 0.2) is 18.3 Å². The summed E-state index contributed by atoms with van der Waals surface area (Å²) < 4.78 is 0. The van der Waals surface area contributed by atoms with Crippen molar-refractivity contribution in [3.63, 3.8) is 0 Å². The van der Waals surface area contributed by atoms with Gasteiger partial charge in [0.1, 0.15) is 5.82 Å². The van der Waals surface area contributed by atoms with Crippen LogP contribution in [0.4, 0.5) is 11.5 Å². The zero-order chi connectivity index (χ0) is 10.7. The van der Waals surface area contributed by atoms with E-state index in [0.29, 0.717) is 0 Å². The predicted octanol–water partition coefficient (Wildman–Crippen LogP) is 1.60. The van der Waals surface area contributed by atoms with E-state index in [9.17, 15) is 0 Å². The lowest BCUT2D eigenvalue weighted by Gasteiger charge is -2.31. The molecule has 0 bridgehead atoms. The summed E-state index contributed by atoms with van der Waals surface area (Å²) in [6.07, 6.45) is 4.30. The number of rotatable bonds is 2. The molecule has 0 atom stereocenters. The minimum atomic E-state index is 0.851. The quantitative estimate of drug-likeness (QED) is 0.570. The highest BCUT2D eigenvalue weighted by atomic mass is 15.2. The molecule has 15 heavy (non-hydrogen) atoms. The minimum Gasteiger partial charge on any atom is -0.357 e. The monoisotopic (exact) mass is 206 g/mol. The Morgan fingerprint density at radius 2 is 2.13 bits per heavy atom. The largest absolute Gasteiger partial charge is 0.357 e. The molecule has 0 amide bonds. The molecule has 0 saturated carbocycles. The third-order valence-corrected chi connectivity index (χ3v) is 3.02. The van der Waals surface area contributed by atoms with Crippen LogP contribution in [-0.2, 0) is 0 Å². The molecule has 1 aromatic heterocycles. The van der Waals surface area contributed by atoms with Gasteiger partial charge in [-0.25, -0.2) is 4.98 Å². The summed E-state index contributed by atoms with van der Waals surface area (Å²) in [6.45, 7) is 4.54. The lowest BCUT2D eigenvalue weighted by molar-refractivity contribution is 0.436. The summed E-state index contributed by atoms with van der Waals surface area (Å²) in [5.41, 5.74) is 3.43. The van der Waals surface area contributed by atoms with Crippen molar-refractivity contribution in [2.75, 3.05) is 23.4 Å². The number of pyridine rings is 1. The molecule has 2 heterocycles. The Balaban J connectivity index is 2.03. The van der Waals surface area contributed by atoms with Crippen LogP contribution < -0.4 is 16.2 Å². The van der Waals surface area contributed by atoms with Crippen LogP contribution >= 0.6 is 0 Å². The Bertz CT molecular complexity index is 301. The molecule has 0 radical (unpaired) electrons. The molecule has 2 rings (SSSR count). The highest BCUT2D eigenvalue weighted by Crippen LogP contribution is 2.21. The molecular formula is C11H18N4. The van der Waals surface area contributed by atoms with Crippen LogP contribution in [0.1, 0.15) is 19.8 Å². The Kier molecular flexibility index (Phi) is 3.06. The van der Waals surface area contributed by atoms with E-state index < -0.39 is 0 Å². The van der Waals surface area contributed by atoms with Gasteiger partial charge in [0.25, 0.3) is 0 Å². The zero-order valence-corrected chi connectivity index (χ0v) is 9.11. The van der Waals surface area contributed by atoms with Crippen molar-refractivity contribution in [1.82, 2.24) is 4.98 Å². The van der Waals surface area contributed by atoms with Crippen LogP contribution in [-0.4, -0.2) is 18.1 Å². The Morgan fingerprint density at radius 3 is 2.67 bits per heavy atom. The van der Waals surface area contributed by atoms with Gasteiger partial charge < -0.3 is 10.3 Å². The molecule has 1 saturated heterocycles. The molecule has 0 spiro atoms. The topological polar surface area (TPSA) is 54.2 Å². The fraction of sp³-hybridized carbons (Fsp3) is 0.545. The SMILES string of the molecule is CC1CCN(c2ccc(NN)cn2)CC1. The second-order valence-electron chi connectivity index (χ2n) is 4.22. The fourth-order valence-corrected chi connectivity index (χ4v) is 1.90. The van der Waals surface area contributed by atoms with E-state index in [-0.39, 0.29) is 0 Å². The van der Waals surface area contributed by atoms with Gasteiger partial charge in [-0.3, -0.25) is 5.84 Å². The number of aromatic nitrogens is 1. The van der Waals surface area contributed by atoms with Crippen LogP contribution in [0.2, 0.25) is 0 Å². The van der Waals surface area contributed by atoms with Crippen LogP contribution in [0.5, 0.6) is 0 Å². The highest BCUT2D eigenvalue weighted by Gasteiger charge is 2.16. The second kappa shape index (κ2) is 4.49. The molecule has 1 aliphatic rings. The van der Waals surface area contributed by atoms with Gasteiger partial charge in [0.05, 0.1) is 11.9 Å². The molecule has 4 heteroatoms. The van der Waals surface area contributed by atoms with Crippen molar-refractivity contribution in [2.24, 2.45) is 11.8 Å². The summed E-state index contributed by atoms with van der Waals surface area (Å²) in [5.74, 6) is 7.20. The first kappa shape index (κ1) is 10.2. The van der Waals surface area contributed by atoms with Gasteiger partial charge in [-0.2, -0.15) is 0 Å². The maximum Gasteiger partial charge on any atom is 0.128 e. The lowest BCUT2D eigenvalue weighted by atomic mass is 9.99. The first-order valence-corrected chi connectivity index (χ1v) is 5.47. The average molecular weight is 206 g/mol. The first-order chi connectivity index (χ1) is 7.29. The van der Waals surface area contributed by atoms with Gasteiger partial charge in [0.15, 0.2) is 0 Å². The van der Waals surface area contributed by atoms with Crippen molar-refractivity contribution in [3.05, 3.63) is 18.3 Å². The number of hydrogen-bond donors (Lipinski definition) is 2.